The molecule has 3 rings (SSSR count). The molecule has 23 heavy (non-hydrogen) atoms. The highest BCUT2D eigenvalue weighted by atomic mass is 16.2. The molecule has 1 aliphatic heterocycles. The van der Waals surface area contributed by atoms with Gasteiger partial charge in [-0.15, -0.1) is 5.10 Å². The van der Waals surface area contributed by atoms with Crippen molar-refractivity contribution in [2.75, 3.05) is 31.1 Å². The van der Waals surface area contributed by atoms with E-state index in [-0.39, 0.29) is 12.1 Å². The molecular weight excluding hydrogens is 294 g/mol. The molecule has 1 atom stereocenters. The van der Waals surface area contributed by atoms with Crippen LogP contribution in [-0.2, 0) is 7.05 Å². The van der Waals surface area contributed by atoms with Gasteiger partial charge in [0.25, 0.3) is 0 Å². The minimum atomic E-state index is -0.227. The number of carbonyl (C=O) groups excluding carboxylic acids is 1. The summed E-state index contributed by atoms with van der Waals surface area (Å²) in [4.78, 5) is 16.5. The van der Waals surface area contributed by atoms with Crippen molar-refractivity contribution in [1.29, 1.82) is 0 Å². The number of aryl methyl sites for hydroxylation is 1. The van der Waals surface area contributed by atoms with Crippen molar-refractivity contribution in [2.24, 2.45) is 7.05 Å². The lowest BCUT2D eigenvalue weighted by atomic mass is 10.2. The van der Waals surface area contributed by atoms with Crippen LogP contribution in [-0.4, -0.2) is 57.3 Å². The van der Waals surface area contributed by atoms with Gasteiger partial charge in [-0.3, -0.25) is 0 Å². The minimum Gasteiger partial charge on any atom is -0.368 e. The lowest BCUT2D eigenvalue weighted by Crippen LogP contribution is -2.52. The number of carbonyl (C=O) groups is 1. The molecule has 1 aromatic heterocycles. The van der Waals surface area contributed by atoms with E-state index in [2.05, 4.69) is 37.9 Å². The molecule has 0 radical (unpaired) electrons. The van der Waals surface area contributed by atoms with Crippen molar-refractivity contribution < 1.29 is 4.79 Å². The maximum atomic E-state index is 12.4. The van der Waals surface area contributed by atoms with Crippen LogP contribution in [0.5, 0.6) is 0 Å². The number of rotatable bonds is 3. The van der Waals surface area contributed by atoms with Crippen molar-refractivity contribution >= 4 is 11.7 Å². The summed E-state index contributed by atoms with van der Waals surface area (Å²) < 4.78 is 1.57. The number of para-hydroxylation sites is 1. The third-order valence-electron chi connectivity index (χ3n) is 4.07. The van der Waals surface area contributed by atoms with Gasteiger partial charge in [-0.05, 0) is 29.5 Å². The first-order chi connectivity index (χ1) is 11.1. The number of amides is 2. The molecule has 8 heteroatoms. The molecule has 1 unspecified atom stereocenters. The Kier molecular flexibility index (Phi) is 4.40. The van der Waals surface area contributed by atoms with Gasteiger partial charge in [-0.2, -0.15) is 0 Å². The highest BCUT2D eigenvalue weighted by Crippen LogP contribution is 2.16. The molecule has 0 aliphatic carbocycles. The molecule has 1 saturated heterocycles. The molecule has 1 aromatic carbocycles. The normalized spacial score (nSPS) is 16.3. The second kappa shape index (κ2) is 6.64. The third kappa shape index (κ3) is 3.41. The van der Waals surface area contributed by atoms with Crippen molar-refractivity contribution in [2.45, 2.75) is 13.0 Å². The second-order valence-corrected chi connectivity index (χ2v) is 5.64. The molecule has 2 amide bonds. The maximum absolute atomic E-state index is 12.4. The summed E-state index contributed by atoms with van der Waals surface area (Å²) in [6, 6.07) is 9.96. The summed E-state index contributed by atoms with van der Waals surface area (Å²) in [5, 5.41) is 14.3. The van der Waals surface area contributed by atoms with Crippen LogP contribution in [0.25, 0.3) is 0 Å². The molecule has 1 N–H and O–H groups in total. The van der Waals surface area contributed by atoms with Crippen LogP contribution in [0.4, 0.5) is 10.5 Å². The molecular formula is C15H21N7O. The van der Waals surface area contributed by atoms with Crippen LogP contribution in [0, 0.1) is 0 Å². The van der Waals surface area contributed by atoms with E-state index in [9.17, 15) is 4.79 Å². The van der Waals surface area contributed by atoms with Crippen LogP contribution in [0.3, 0.4) is 0 Å². The number of hydrogen-bond acceptors (Lipinski definition) is 5. The number of nitrogens with one attached hydrogen (secondary N) is 1. The number of tetrazole rings is 1. The minimum absolute atomic E-state index is 0.0757. The van der Waals surface area contributed by atoms with E-state index in [1.54, 1.807) is 11.7 Å². The second-order valence-electron chi connectivity index (χ2n) is 5.64. The number of aromatic nitrogens is 4. The fraction of sp³-hybridized carbons (Fsp3) is 0.467. The number of urea groups is 1. The molecule has 2 heterocycles. The third-order valence-corrected chi connectivity index (χ3v) is 4.07. The van der Waals surface area contributed by atoms with Gasteiger partial charge in [0, 0.05) is 38.9 Å². The first kappa shape index (κ1) is 15.3. The van der Waals surface area contributed by atoms with E-state index in [1.165, 1.54) is 5.69 Å². The highest BCUT2D eigenvalue weighted by molar-refractivity contribution is 5.75. The van der Waals surface area contributed by atoms with Crippen molar-refractivity contribution in [3.63, 3.8) is 0 Å². The van der Waals surface area contributed by atoms with Crippen LogP contribution in [0.1, 0.15) is 18.8 Å². The monoisotopic (exact) mass is 315 g/mol. The number of anilines is 1. The smallest absolute Gasteiger partial charge is 0.318 e. The fourth-order valence-electron chi connectivity index (χ4n) is 2.75. The summed E-state index contributed by atoms with van der Waals surface area (Å²) in [6.07, 6.45) is 0. The lowest BCUT2D eigenvalue weighted by Gasteiger charge is -2.36. The van der Waals surface area contributed by atoms with Crippen LogP contribution in [0.2, 0.25) is 0 Å². The lowest BCUT2D eigenvalue weighted by molar-refractivity contribution is 0.190. The maximum Gasteiger partial charge on any atom is 0.318 e. The van der Waals surface area contributed by atoms with E-state index in [4.69, 9.17) is 0 Å². The molecule has 8 nitrogen and oxygen atoms in total. The summed E-state index contributed by atoms with van der Waals surface area (Å²) in [7, 11) is 1.76. The van der Waals surface area contributed by atoms with Gasteiger partial charge in [0.2, 0.25) is 0 Å². The summed E-state index contributed by atoms with van der Waals surface area (Å²) in [5.41, 5.74) is 1.20. The number of hydrogen-bond donors (Lipinski definition) is 1. The van der Waals surface area contributed by atoms with Gasteiger partial charge in [-0.25, -0.2) is 9.48 Å². The van der Waals surface area contributed by atoms with Crippen molar-refractivity contribution in [3.8, 4) is 0 Å². The zero-order valence-corrected chi connectivity index (χ0v) is 13.4. The van der Waals surface area contributed by atoms with Gasteiger partial charge >= 0.3 is 6.03 Å². The zero-order chi connectivity index (χ0) is 16.2. The first-order valence-electron chi connectivity index (χ1n) is 7.73. The Labute approximate surface area is 135 Å². The topological polar surface area (TPSA) is 79.2 Å². The SMILES string of the molecule is CC(NC(=O)N1CCN(c2ccccc2)CC1)c1nnnn1C. The molecule has 2 aromatic rings. The summed E-state index contributed by atoms with van der Waals surface area (Å²) >= 11 is 0. The number of piperazine rings is 1. The highest BCUT2D eigenvalue weighted by Gasteiger charge is 2.23. The molecule has 0 saturated carbocycles. The molecule has 1 aliphatic rings. The quantitative estimate of drug-likeness (QED) is 0.906. The standard InChI is InChI=1S/C15H21N7O/c1-12(14-17-18-19-20(14)2)16-15(23)22-10-8-21(9-11-22)13-6-4-3-5-7-13/h3-7,12H,8-11H2,1-2H3,(H,16,23). The van der Waals surface area contributed by atoms with Crippen LogP contribution >= 0.6 is 0 Å². The van der Waals surface area contributed by atoms with Gasteiger partial charge in [-0.1, -0.05) is 18.2 Å². The van der Waals surface area contributed by atoms with E-state index < -0.39 is 0 Å². The van der Waals surface area contributed by atoms with Crippen LogP contribution in [0.15, 0.2) is 30.3 Å². The van der Waals surface area contributed by atoms with E-state index in [0.717, 1.165) is 13.1 Å². The Bertz CT molecular complexity index is 649. The number of nitrogens with zero attached hydrogens (tertiary/aromatic N) is 6. The summed E-state index contributed by atoms with van der Waals surface area (Å²) in [6.45, 7) is 4.94. The number of benzene rings is 1. The molecule has 0 bridgehead atoms. The fourth-order valence-corrected chi connectivity index (χ4v) is 2.75. The average molecular weight is 315 g/mol. The molecule has 0 spiro atoms. The van der Waals surface area contributed by atoms with Gasteiger partial charge < -0.3 is 15.1 Å². The summed E-state index contributed by atoms with van der Waals surface area (Å²) in [5.74, 6) is 0.640. The largest absolute Gasteiger partial charge is 0.368 e. The van der Waals surface area contributed by atoms with Crippen molar-refractivity contribution in [3.05, 3.63) is 36.2 Å². The Balaban J connectivity index is 1.53. The zero-order valence-electron chi connectivity index (χ0n) is 13.4. The van der Waals surface area contributed by atoms with Crippen LogP contribution < -0.4 is 10.2 Å². The van der Waals surface area contributed by atoms with E-state index in [1.807, 2.05) is 30.0 Å². The van der Waals surface area contributed by atoms with Gasteiger partial charge in [0.1, 0.15) is 0 Å². The first-order valence-corrected chi connectivity index (χ1v) is 7.73. The Morgan fingerprint density at radius 2 is 1.87 bits per heavy atom. The van der Waals surface area contributed by atoms with E-state index in [0.29, 0.717) is 18.9 Å². The Hall–Kier alpha value is -2.64. The van der Waals surface area contributed by atoms with E-state index >= 15 is 0 Å². The Morgan fingerprint density at radius 1 is 1.17 bits per heavy atom. The predicted octanol–water partition coefficient (Wildman–Crippen LogP) is 0.803. The van der Waals surface area contributed by atoms with Crippen molar-refractivity contribution in [1.82, 2.24) is 30.4 Å². The Morgan fingerprint density at radius 3 is 2.48 bits per heavy atom. The predicted molar refractivity (Wildman–Crippen MR) is 86.0 cm³/mol. The van der Waals surface area contributed by atoms with Gasteiger partial charge in [0.05, 0.1) is 6.04 Å². The molecule has 1 fully saturated rings. The average Bonchev–Trinajstić information content (AvgIpc) is 3.02. The van der Waals surface area contributed by atoms with Gasteiger partial charge in [0.15, 0.2) is 5.82 Å². The molecule has 122 valence electrons.